The van der Waals surface area contributed by atoms with Crippen LogP contribution in [0.2, 0.25) is 0 Å². The van der Waals surface area contributed by atoms with Gasteiger partial charge in [0, 0.05) is 63.1 Å². The molecule has 25 heavy (non-hydrogen) atoms. The second-order valence-corrected chi connectivity index (χ2v) is 7.05. The highest BCUT2D eigenvalue weighted by Gasteiger charge is 2.58. The molecular formula is C17H25N5O3. The molecule has 1 amide bonds. The molecule has 3 fully saturated rings. The number of amides is 1. The number of aliphatic hydroxyl groups excluding tert-OH is 1. The second kappa shape index (κ2) is 7.23. The Morgan fingerprint density at radius 3 is 2.56 bits per heavy atom. The van der Waals surface area contributed by atoms with Gasteiger partial charge in [0.1, 0.15) is 0 Å². The lowest BCUT2D eigenvalue weighted by Gasteiger charge is -2.26. The minimum absolute atomic E-state index is 0.000364. The van der Waals surface area contributed by atoms with E-state index in [2.05, 4.69) is 25.1 Å². The molecule has 1 aromatic heterocycles. The Kier molecular flexibility index (Phi) is 4.82. The zero-order chi connectivity index (χ0) is 17.2. The van der Waals surface area contributed by atoms with Crippen LogP contribution in [0.3, 0.4) is 0 Å². The van der Waals surface area contributed by atoms with Crippen LogP contribution in [0.5, 0.6) is 0 Å². The zero-order valence-electron chi connectivity index (χ0n) is 14.3. The van der Waals surface area contributed by atoms with Gasteiger partial charge in [-0.05, 0) is 11.8 Å². The fraction of sp³-hybridized carbons (Fsp3) is 0.706. The normalized spacial score (nSPS) is 28.7. The number of carbonyl (C=O) groups is 1. The van der Waals surface area contributed by atoms with Crippen molar-refractivity contribution in [2.75, 3.05) is 57.4 Å². The average molecular weight is 347 g/mol. The van der Waals surface area contributed by atoms with Crippen molar-refractivity contribution in [1.82, 2.24) is 20.2 Å². The Morgan fingerprint density at radius 2 is 1.92 bits per heavy atom. The van der Waals surface area contributed by atoms with Crippen molar-refractivity contribution >= 4 is 11.9 Å². The first-order valence-electron chi connectivity index (χ1n) is 9.01. The van der Waals surface area contributed by atoms with Gasteiger partial charge in [0.05, 0.1) is 19.8 Å². The van der Waals surface area contributed by atoms with Gasteiger partial charge in [-0.25, -0.2) is 9.97 Å². The van der Waals surface area contributed by atoms with Gasteiger partial charge >= 0.3 is 0 Å². The van der Waals surface area contributed by atoms with Crippen molar-refractivity contribution in [3.63, 3.8) is 0 Å². The SMILES string of the molecule is O=C(NCCO)C1C2CN(Cc3cnc(N4CCOCC4)nc3)CC21. The Morgan fingerprint density at radius 1 is 1.24 bits per heavy atom. The lowest BCUT2D eigenvalue weighted by molar-refractivity contribution is -0.123. The molecule has 0 spiro atoms. The van der Waals surface area contributed by atoms with Crippen LogP contribution >= 0.6 is 0 Å². The highest BCUT2D eigenvalue weighted by molar-refractivity contribution is 5.82. The molecule has 2 unspecified atom stereocenters. The minimum atomic E-state index is 0.000364. The van der Waals surface area contributed by atoms with Gasteiger partial charge in [-0.1, -0.05) is 0 Å². The molecule has 1 aliphatic carbocycles. The molecule has 136 valence electrons. The Balaban J connectivity index is 1.25. The van der Waals surface area contributed by atoms with Crippen molar-refractivity contribution < 1.29 is 14.6 Å². The van der Waals surface area contributed by atoms with Crippen molar-refractivity contribution in [1.29, 1.82) is 0 Å². The second-order valence-electron chi connectivity index (χ2n) is 7.05. The van der Waals surface area contributed by atoms with Crippen molar-refractivity contribution in [2.45, 2.75) is 6.54 Å². The number of carbonyl (C=O) groups excluding carboxylic acids is 1. The van der Waals surface area contributed by atoms with E-state index in [4.69, 9.17) is 9.84 Å². The van der Waals surface area contributed by atoms with E-state index in [-0.39, 0.29) is 18.4 Å². The summed E-state index contributed by atoms with van der Waals surface area (Å²) in [5.41, 5.74) is 1.11. The number of anilines is 1. The Labute approximate surface area is 147 Å². The molecular weight excluding hydrogens is 322 g/mol. The van der Waals surface area contributed by atoms with Gasteiger partial charge in [-0.3, -0.25) is 9.69 Å². The van der Waals surface area contributed by atoms with E-state index >= 15 is 0 Å². The van der Waals surface area contributed by atoms with Crippen LogP contribution in [0.25, 0.3) is 0 Å². The summed E-state index contributed by atoms with van der Waals surface area (Å²) in [6, 6.07) is 0. The monoisotopic (exact) mass is 347 g/mol. The molecule has 0 aromatic carbocycles. The summed E-state index contributed by atoms with van der Waals surface area (Å²) in [5, 5.41) is 11.6. The Hall–Kier alpha value is -1.77. The third kappa shape index (κ3) is 3.61. The molecule has 1 aromatic rings. The topological polar surface area (TPSA) is 90.8 Å². The van der Waals surface area contributed by atoms with Crippen LogP contribution in [0.4, 0.5) is 5.95 Å². The fourth-order valence-electron chi connectivity index (χ4n) is 4.04. The molecule has 1 saturated carbocycles. The number of morpholine rings is 1. The maximum atomic E-state index is 12.0. The maximum absolute atomic E-state index is 12.0. The van der Waals surface area contributed by atoms with Crippen LogP contribution < -0.4 is 10.2 Å². The van der Waals surface area contributed by atoms with Gasteiger partial charge < -0.3 is 20.1 Å². The number of piperidine rings is 1. The third-order valence-electron chi connectivity index (χ3n) is 5.38. The lowest BCUT2D eigenvalue weighted by Crippen LogP contribution is -2.37. The van der Waals surface area contributed by atoms with E-state index < -0.39 is 0 Å². The number of likely N-dealkylation sites (tertiary alicyclic amines) is 1. The molecule has 4 rings (SSSR count). The maximum Gasteiger partial charge on any atom is 0.225 e. The molecule has 3 heterocycles. The van der Waals surface area contributed by atoms with Crippen LogP contribution in [-0.2, 0) is 16.1 Å². The number of nitrogens with zero attached hydrogens (tertiary/aromatic N) is 4. The predicted octanol–water partition coefficient (Wildman–Crippen LogP) is -0.900. The summed E-state index contributed by atoms with van der Waals surface area (Å²) < 4.78 is 5.35. The smallest absolute Gasteiger partial charge is 0.225 e. The van der Waals surface area contributed by atoms with Crippen LogP contribution in [-0.4, -0.2) is 78.4 Å². The predicted molar refractivity (Wildman–Crippen MR) is 90.9 cm³/mol. The summed E-state index contributed by atoms with van der Waals surface area (Å²) in [6.07, 6.45) is 3.82. The van der Waals surface area contributed by atoms with Gasteiger partial charge in [0.25, 0.3) is 0 Å². The van der Waals surface area contributed by atoms with Gasteiger partial charge in [-0.2, -0.15) is 0 Å². The molecule has 0 radical (unpaired) electrons. The molecule has 2 aliphatic heterocycles. The first-order valence-corrected chi connectivity index (χ1v) is 9.01. The zero-order valence-corrected chi connectivity index (χ0v) is 14.3. The van der Waals surface area contributed by atoms with Gasteiger partial charge in [0.2, 0.25) is 11.9 Å². The number of hydrogen-bond acceptors (Lipinski definition) is 7. The number of aromatic nitrogens is 2. The van der Waals surface area contributed by atoms with Crippen LogP contribution in [0.15, 0.2) is 12.4 Å². The number of hydrogen-bond donors (Lipinski definition) is 2. The minimum Gasteiger partial charge on any atom is -0.395 e. The number of aliphatic hydroxyl groups is 1. The lowest BCUT2D eigenvalue weighted by atomic mass is 10.2. The highest BCUT2D eigenvalue weighted by atomic mass is 16.5. The summed E-state index contributed by atoms with van der Waals surface area (Å²) in [4.78, 5) is 25.5. The van der Waals surface area contributed by atoms with Crippen molar-refractivity contribution in [3.05, 3.63) is 18.0 Å². The van der Waals surface area contributed by atoms with Gasteiger partial charge in [-0.15, -0.1) is 0 Å². The Bertz CT molecular complexity index is 593. The third-order valence-corrected chi connectivity index (χ3v) is 5.38. The van der Waals surface area contributed by atoms with Crippen LogP contribution in [0, 0.1) is 17.8 Å². The molecule has 0 bridgehead atoms. The van der Waals surface area contributed by atoms with E-state index in [0.29, 0.717) is 18.4 Å². The largest absolute Gasteiger partial charge is 0.395 e. The average Bonchev–Trinajstić information content (AvgIpc) is 3.17. The molecule has 8 nitrogen and oxygen atoms in total. The quantitative estimate of drug-likeness (QED) is 0.689. The first-order chi connectivity index (χ1) is 12.3. The number of rotatable bonds is 6. The molecule has 8 heteroatoms. The van der Waals surface area contributed by atoms with Crippen LogP contribution in [0.1, 0.15) is 5.56 Å². The van der Waals surface area contributed by atoms with E-state index in [1.54, 1.807) is 0 Å². The molecule has 2 saturated heterocycles. The standard InChI is InChI=1S/C17H25N5O3/c23-4-1-18-16(24)15-13-10-21(11-14(13)15)9-12-7-19-17(20-8-12)22-2-5-25-6-3-22/h7-8,13-15,23H,1-6,9-11H2,(H,18,24). The van der Waals surface area contributed by atoms with E-state index in [0.717, 1.165) is 57.4 Å². The molecule has 2 N–H and O–H groups in total. The van der Waals surface area contributed by atoms with E-state index in [1.165, 1.54) is 0 Å². The summed E-state index contributed by atoms with van der Waals surface area (Å²) >= 11 is 0. The van der Waals surface area contributed by atoms with Gasteiger partial charge in [0.15, 0.2) is 0 Å². The number of fused-ring (bicyclic) bond motifs is 1. The fourth-order valence-corrected chi connectivity index (χ4v) is 4.04. The summed E-state index contributed by atoms with van der Waals surface area (Å²) in [7, 11) is 0. The van der Waals surface area contributed by atoms with E-state index in [9.17, 15) is 4.79 Å². The number of nitrogens with one attached hydrogen (secondary N) is 1. The summed E-state index contributed by atoms with van der Waals surface area (Å²) in [6.45, 7) is 6.24. The van der Waals surface area contributed by atoms with E-state index in [1.807, 2.05) is 12.4 Å². The number of ether oxygens (including phenoxy) is 1. The van der Waals surface area contributed by atoms with Crippen molar-refractivity contribution in [3.8, 4) is 0 Å². The summed E-state index contributed by atoms with van der Waals surface area (Å²) in [5.74, 6) is 1.95. The first kappa shape index (κ1) is 16.7. The molecule has 3 aliphatic rings. The van der Waals surface area contributed by atoms with Crippen molar-refractivity contribution in [2.24, 2.45) is 17.8 Å². The highest BCUT2D eigenvalue weighted by Crippen LogP contribution is 2.51. The molecule has 2 atom stereocenters.